The molecule has 0 aliphatic carbocycles. The first-order valence-corrected chi connectivity index (χ1v) is 10.0. The molecule has 1 aromatic rings. The molecular weight excluding hydrogens is 329 g/mol. The van der Waals surface area contributed by atoms with Gasteiger partial charge in [0.1, 0.15) is 5.82 Å². The maximum absolute atomic E-state index is 13.9. The highest BCUT2D eigenvalue weighted by Gasteiger charge is 2.29. The number of carbonyl (C=O) groups excluding carboxylic acids is 1. The number of likely N-dealkylation sites (tertiary alicyclic amines) is 1. The van der Waals surface area contributed by atoms with Gasteiger partial charge in [-0.25, -0.2) is 4.39 Å². The molecule has 1 aromatic carbocycles. The summed E-state index contributed by atoms with van der Waals surface area (Å²) in [5.41, 5.74) is 0.791. The third-order valence-corrected chi connectivity index (χ3v) is 5.71. The molecule has 26 heavy (non-hydrogen) atoms. The minimum Gasteiger partial charge on any atom is -0.340 e. The number of hydrogen-bond acceptors (Lipinski definition) is 3. The molecular formula is C21H32FN3O. The number of hydrogen-bond donors (Lipinski definition) is 0. The van der Waals surface area contributed by atoms with Crippen molar-refractivity contribution in [2.24, 2.45) is 5.92 Å². The molecule has 4 nitrogen and oxygen atoms in total. The van der Waals surface area contributed by atoms with Crippen molar-refractivity contribution < 1.29 is 9.18 Å². The van der Waals surface area contributed by atoms with E-state index in [-0.39, 0.29) is 5.82 Å². The third-order valence-electron chi connectivity index (χ3n) is 5.71. The SMILES string of the molecule is CC(C)N1CC(CN2CCCN(Cc3ccccc3F)CC2)CCC1=O. The van der Waals surface area contributed by atoms with Gasteiger partial charge in [0.25, 0.3) is 0 Å². The van der Waals surface area contributed by atoms with Gasteiger partial charge in [-0.05, 0) is 51.8 Å². The van der Waals surface area contributed by atoms with Crippen LogP contribution < -0.4 is 0 Å². The fraction of sp³-hybridized carbons (Fsp3) is 0.667. The Kier molecular flexibility index (Phi) is 6.65. The largest absolute Gasteiger partial charge is 0.340 e. The van der Waals surface area contributed by atoms with E-state index in [0.717, 1.165) is 57.7 Å². The molecule has 2 fully saturated rings. The normalized spacial score (nSPS) is 23.5. The van der Waals surface area contributed by atoms with E-state index >= 15 is 0 Å². The molecule has 0 aromatic heterocycles. The Morgan fingerprint density at radius 3 is 2.62 bits per heavy atom. The van der Waals surface area contributed by atoms with Crippen LogP contribution >= 0.6 is 0 Å². The number of nitrogens with zero attached hydrogens (tertiary/aromatic N) is 3. The van der Waals surface area contributed by atoms with Gasteiger partial charge in [-0.1, -0.05) is 18.2 Å². The molecule has 144 valence electrons. The third kappa shape index (κ3) is 5.04. The topological polar surface area (TPSA) is 26.8 Å². The molecule has 0 saturated carbocycles. The summed E-state index contributed by atoms with van der Waals surface area (Å²) in [5, 5.41) is 0. The maximum Gasteiger partial charge on any atom is 0.222 e. The van der Waals surface area contributed by atoms with Crippen LogP contribution in [0, 0.1) is 11.7 Å². The van der Waals surface area contributed by atoms with Crippen molar-refractivity contribution >= 4 is 5.91 Å². The standard InChI is InChI=1S/C21H32FN3O/c1-17(2)25-15-18(8-9-21(25)26)14-23-10-5-11-24(13-12-23)16-19-6-3-4-7-20(19)22/h3-4,6-7,17-18H,5,8-16H2,1-2H3. The average molecular weight is 362 g/mol. The number of rotatable bonds is 5. The van der Waals surface area contributed by atoms with Gasteiger partial charge < -0.3 is 9.80 Å². The zero-order valence-electron chi connectivity index (χ0n) is 16.2. The number of amides is 1. The van der Waals surface area contributed by atoms with Crippen LogP contribution in [0.15, 0.2) is 24.3 Å². The van der Waals surface area contributed by atoms with Crippen molar-refractivity contribution in [1.29, 1.82) is 0 Å². The molecule has 1 atom stereocenters. The van der Waals surface area contributed by atoms with Crippen LogP contribution in [-0.4, -0.2) is 65.9 Å². The average Bonchev–Trinajstić information content (AvgIpc) is 2.84. The molecule has 1 amide bonds. The lowest BCUT2D eigenvalue weighted by Crippen LogP contribution is -2.47. The lowest BCUT2D eigenvalue weighted by Gasteiger charge is -2.37. The second kappa shape index (κ2) is 8.96. The van der Waals surface area contributed by atoms with Gasteiger partial charge in [-0.2, -0.15) is 0 Å². The minimum atomic E-state index is -0.103. The fourth-order valence-electron chi connectivity index (χ4n) is 4.19. The van der Waals surface area contributed by atoms with Crippen LogP contribution in [0.3, 0.4) is 0 Å². The number of piperidine rings is 1. The van der Waals surface area contributed by atoms with Gasteiger partial charge >= 0.3 is 0 Å². The molecule has 5 heteroatoms. The van der Waals surface area contributed by atoms with Crippen LogP contribution in [0.1, 0.15) is 38.7 Å². The Morgan fingerprint density at radius 2 is 1.85 bits per heavy atom. The van der Waals surface area contributed by atoms with Gasteiger partial charge in [0.2, 0.25) is 5.91 Å². The molecule has 2 aliphatic heterocycles. The molecule has 3 rings (SSSR count). The van der Waals surface area contributed by atoms with Crippen molar-refractivity contribution in [3.05, 3.63) is 35.6 Å². The van der Waals surface area contributed by atoms with E-state index in [1.165, 1.54) is 0 Å². The van der Waals surface area contributed by atoms with E-state index in [9.17, 15) is 9.18 Å². The van der Waals surface area contributed by atoms with E-state index in [1.807, 2.05) is 17.0 Å². The molecule has 1 unspecified atom stereocenters. The highest BCUT2D eigenvalue weighted by Crippen LogP contribution is 2.21. The zero-order valence-corrected chi connectivity index (χ0v) is 16.2. The smallest absolute Gasteiger partial charge is 0.222 e. The van der Waals surface area contributed by atoms with Crippen LogP contribution in [-0.2, 0) is 11.3 Å². The summed E-state index contributed by atoms with van der Waals surface area (Å²) in [5.74, 6) is 0.783. The lowest BCUT2D eigenvalue weighted by atomic mass is 9.95. The predicted octanol–water partition coefficient (Wildman–Crippen LogP) is 2.98. The van der Waals surface area contributed by atoms with Crippen LogP contribution in [0.2, 0.25) is 0 Å². The molecule has 2 saturated heterocycles. The van der Waals surface area contributed by atoms with Crippen molar-refractivity contribution in [3.63, 3.8) is 0 Å². The van der Waals surface area contributed by atoms with Gasteiger partial charge in [0.05, 0.1) is 0 Å². The van der Waals surface area contributed by atoms with Gasteiger partial charge in [-0.15, -0.1) is 0 Å². The summed E-state index contributed by atoms with van der Waals surface area (Å²) < 4.78 is 13.9. The molecule has 2 heterocycles. The Bertz CT molecular complexity index is 607. The van der Waals surface area contributed by atoms with Gasteiger partial charge in [-0.3, -0.25) is 9.69 Å². The van der Waals surface area contributed by atoms with E-state index in [2.05, 4.69) is 23.6 Å². The first-order valence-electron chi connectivity index (χ1n) is 10.0. The van der Waals surface area contributed by atoms with E-state index < -0.39 is 0 Å². The van der Waals surface area contributed by atoms with Crippen molar-refractivity contribution in [2.45, 2.75) is 45.7 Å². The Hall–Kier alpha value is -1.46. The van der Waals surface area contributed by atoms with Gasteiger partial charge in [0, 0.05) is 50.7 Å². The lowest BCUT2D eigenvalue weighted by molar-refractivity contribution is -0.136. The molecule has 0 radical (unpaired) electrons. The predicted molar refractivity (Wildman–Crippen MR) is 102 cm³/mol. The van der Waals surface area contributed by atoms with Crippen LogP contribution in [0.5, 0.6) is 0 Å². The summed E-state index contributed by atoms with van der Waals surface area (Å²) >= 11 is 0. The summed E-state index contributed by atoms with van der Waals surface area (Å²) in [6.07, 6.45) is 2.82. The highest BCUT2D eigenvalue weighted by molar-refractivity contribution is 5.77. The Morgan fingerprint density at radius 1 is 1.12 bits per heavy atom. The number of benzene rings is 1. The Balaban J connectivity index is 1.49. The second-order valence-electron chi connectivity index (χ2n) is 8.07. The Labute approximate surface area is 157 Å². The first-order chi connectivity index (χ1) is 12.5. The van der Waals surface area contributed by atoms with E-state index in [1.54, 1.807) is 12.1 Å². The van der Waals surface area contributed by atoms with Crippen molar-refractivity contribution in [3.8, 4) is 0 Å². The minimum absolute atomic E-state index is 0.103. The maximum atomic E-state index is 13.9. The quantitative estimate of drug-likeness (QED) is 0.807. The molecule has 0 N–H and O–H groups in total. The summed E-state index contributed by atoms with van der Waals surface area (Å²) in [6.45, 7) is 11.0. The van der Waals surface area contributed by atoms with Crippen molar-refractivity contribution in [1.82, 2.24) is 14.7 Å². The van der Waals surface area contributed by atoms with Gasteiger partial charge in [0.15, 0.2) is 0 Å². The first kappa shape index (κ1) is 19.3. The molecule has 0 bridgehead atoms. The highest BCUT2D eigenvalue weighted by atomic mass is 19.1. The molecule has 2 aliphatic rings. The van der Waals surface area contributed by atoms with Crippen LogP contribution in [0.25, 0.3) is 0 Å². The molecule has 0 spiro atoms. The zero-order chi connectivity index (χ0) is 18.5. The number of halogens is 1. The van der Waals surface area contributed by atoms with E-state index in [4.69, 9.17) is 0 Å². The summed E-state index contributed by atoms with van der Waals surface area (Å²) in [7, 11) is 0. The monoisotopic (exact) mass is 361 g/mol. The fourth-order valence-corrected chi connectivity index (χ4v) is 4.19. The van der Waals surface area contributed by atoms with Crippen molar-refractivity contribution in [2.75, 3.05) is 39.3 Å². The number of carbonyl (C=O) groups is 1. The summed E-state index contributed by atoms with van der Waals surface area (Å²) in [4.78, 5) is 19.0. The van der Waals surface area contributed by atoms with E-state index in [0.29, 0.717) is 30.8 Å². The second-order valence-corrected chi connectivity index (χ2v) is 8.07. The summed E-state index contributed by atoms with van der Waals surface area (Å²) in [6, 6.07) is 7.39. The van der Waals surface area contributed by atoms with Crippen LogP contribution in [0.4, 0.5) is 4.39 Å².